The minimum Gasteiger partial charge on any atom is -0.280 e. The van der Waals surface area contributed by atoms with E-state index in [1.165, 1.54) is 42.5 Å². The van der Waals surface area contributed by atoms with Gasteiger partial charge in [0, 0.05) is 16.3 Å². The van der Waals surface area contributed by atoms with E-state index in [-0.39, 0.29) is 9.79 Å². The van der Waals surface area contributed by atoms with E-state index < -0.39 is 20.0 Å². The molecule has 27 heavy (non-hydrogen) atoms. The van der Waals surface area contributed by atoms with E-state index >= 15 is 0 Å². The van der Waals surface area contributed by atoms with Crippen LogP contribution in [-0.4, -0.2) is 16.8 Å². The highest BCUT2D eigenvalue weighted by molar-refractivity contribution is 7.93. The predicted molar refractivity (Wildman–Crippen MR) is 108 cm³/mol. The number of benzene rings is 3. The van der Waals surface area contributed by atoms with Crippen molar-refractivity contribution < 1.29 is 16.8 Å². The van der Waals surface area contributed by atoms with Crippen LogP contribution in [0.25, 0.3) is 0 Å². The van der Waals surface area contributed by atoms with Crippen LogP contribution in [0.1, 0.15) is 0 Å². The molecule has 0 aromatic heterocycles. The van der Waals surface area contributed by atoms with Crippen LogP contribution < -0.4 is 9.44 Å². The van der Waals surface area contributed by atoms with Crippen LogP contribution in [0, 0.1) is 0 Å². The van der Waals surface area contributed by atoms with E-state index in [1.54, 1.807) is 36.4 Å². The number of hydrogen-bond acceptors (Lipinski definition) is 5. The van der Waals surface area contributed by atoms with E-state index in [0.29, 0.717) is 16.3 Å². The Morgan fingerprint density at radius 2 is 1.07 bits per heavy atom. The Morgan fingerprint density at radius 3 is 1.63 bits per heavy atom. The first-order chi connectivity index (χ1) is 12.8. The number of hydrogen-bond donors (Lipinski definition) is 3. The van der Waals surface area contributed by atoms with Gasteiger partial charge < -0.3 is 0 Å². The molecule has 0 aliphatic carbocycles. The molecule has 3 aromatic rings. The summed E-state index contributed by atoms with van der Waals surface area (Å²) in [6.45, 7) is 0. The van der Waals surface area contributed by atoms with Crippen LogP contribution in [-0.2, 0) is 20.0 Å². The lowest BCUT2D eigenvalue weighted by molar-refractivity contribution is 0.598. The fourth-order valence-electron chi connectivity index (χ4n) is 2.31. The number of thiol groups is 1. The first kappa shape index (κ1) is 19.3. The van der Waals surface area contributed by atoms with Gasteiger partial charge in [0.05, 0.1) is 4.90 Å². The van der Waals surface area contributed by atoms with Crippen molar-refractivity contribution in [3.05, 3.63) is 78.9 Å². The largest absolute Gasteiger partial charge is 0.280 e. The van der Waals surface area contributed by atoms with Gasteiger partial charge in [-0.05, 0) is 48.5 Å². The zero-order valence-electron chi connectivity index (χ0n) is 13.9. The molecule has 0 aliphatic rings. The second kappa shape index (κ2) is 7.63. The Kier molecular flexibility index (Phi) is 5.45. The van der Waals surface area contributed by atoms with Crippen molar-refractivity contribution >= 4 is 44.1 Å². The minimum absolute atomic E-state index is 0.0576. The molecule has 0 fully saturated rings. The summed E-state index contributed by atoms with van der Waals surface area (Å²) < 4.78 is 54.4. The molecule has 140 valence electrons. The summed E-state index contributed by atoms with van der Waals surface area (Å²) in [6, 6.07) is 20.2. The second-order valence-corrected chi connectivity index (χ2v) is 9.38. The van der Waals surface area contributed by atoms with Crippen molar-refractivity contribution in [3.63, 3.8) is 0 Å². The topological polar surface area (TPSA) is 92.3 Å². The van der Waals surface area contributed by atoms with Crippen LogP contribution in [0.3, 0.4) is 0 Å². The SMILES string of the molecule is O=S(=O)(Nc1ccc(NS(=O)(=O)c2ccccc2S)cc1)c1ccccc1. The fourth-order valence-corrected chi connectivity index (χ4v) is 5.07. The van der Waals surface area contributed by atoms with Crippen molar-refractivity contribution in [1.82, 2.24) is 0 Å². The molecule has 0 spiro atoms. The second-order valence-electron chi connectivity index (χ2n) is 5.57. The van der Waals surface area contributed by atoms with Crippen LogP contribution in [0.4, 0.5) is 11.4 Å². The lowest BCUT2D eigenvalue weighted by Crippen LogP contribution is -2.14. The summed E-state index contributed by atoms with van der Waals surface area (Å²) in [5.74, 6) is 0. The van der Waals surface area contributed by atoms with Crippen LogP contribution >= 0.6 is 12.6 Å². The molecule has 2 N–H and O–H groups in total. The van der Waals surface area contributed by atoms with Crippen LogP contribution in [0.15, 0.2) is 93.5 Å². The van der Waals surface area contributed by atoms with Gasteiger partial charge >= 0.3 is 0 Å². The third kappa shape index (κ3) is 4.62. The molecule has 0 amide bonds. The van der Waals surface area contributed by atoms with Gasteiger partial charge in [0.1, 0.15) is 4.90 Å². The van der Waals surface area contributed by atoms with Gasteiger partial charge in [0.2, 0.25) is 0 Å². The smallest absolute Gasteiger partial charge is 0.262 e. The van der Waals surface area contributed by atoms with Crippen molar-refractivity contribution in [2.24, 2.45) is 0 Å². The monoisotopic (exact) mass is 420 g/mol. The molecule has 6 nitrogen and oxygen atoms in total. The number of sulfonamides is 2. The van der Waals surface area contributed by atoms with Gasteiger partial charge in [-0.2, -0.15) is 0 Å². The first-order valence-electron chi connectivity index (χ1n) is 7.77. The van der Waals surface area contributed by atoms with Gasteiger partial charge in [0.25, 0.3) is 20.0 Å². The molecule has 0 radical (unpaired) electrons. The molecule has 0 saturated heterocycles. The van der Waals surface area contributed by atoms with Crippen LogP contribution in [0.2, 0.25) is 0 Å². The highest BCUT2D eigenvalue weighted by Gasteiger charge is 2.17. The lowest BCUT2D eigenvalue weighted by atomic mass is 10.3. The molecule has 0 saturated carbocycles. The maximum Gasteiger partial charge on any atom is 0.262 e. The van der Waals surface area contributed by atoms with Gasteiger partial charge in [-0.3, -0.25) is 9.44 Å². The van der Waals surface area contributed by atoms with E-state index in [4.69, 9.17) is 0 Å². The van der Waals surface area contributed by atoms with E-state index in [9.17, 15) is 16.8 Å². The Hall–Kier alpha value is -2.49. The minimum atomic E-state index is -3.80. The summed E-state index contributed by atoms with van der Waals surface area (Å²) in [6.07, 6.45) is 0. The summed E-state index contributed by atoms with van der Waals surface area (Å²) in [7, 11) is -7.51. The molecule has 0 atom stereocenters. The zero-order valence-corrected chi connectivity index (χ0v) is 16.4. The van der Waals surface area contributed by atoms with Gasteiger partial charge in [-0.1, -0.05) is 30.3 Å². The summed E-state index contributed by atoms with van der Waals surface area (Å²) in [5.41, 5.74) is 0.616. The Morgan fingerprint density at radius 1 is 0.593 bits per heavy atom. The molecular formula is C18H16N2O4S3. The van der Waals surface area contributed by atoms with Crippen molar-refractivity contribution in [2.75, 3.05) is 9.44 Å². The van der Waals surface area contributed by atoms with Crippen molar-refractivity contribution in [3.8, 4) is 0 Å². The van der Waals surface area contributed by atoms with E-state index in [1.807, 2.05) is 0 Å². The van der Waals surface area contributed by atoms with Gasteiger partial charge in [0.15, 0.2) is 0 Å². The van der Waals surface area contributed by atoms with Gasteiger partial charge in [-0.15, -0.1) is 12.6 Å². The summed E-state index contributed by atoms with van der Waals surface area (Å²) in [4.78, 5) is 0.527. The average molecular weight is 421 g/mol. The first-order valence-corrected chi connectivity index (χ1v) is 11.2. The maximum absolute atomic E-state index is 12.4. The normalized spacial score (nSPS) is 11.7. The van der Waals surface area contributed by atoms with E-state index in [0.717, 1.165) is 0 Å². The highest BCUT2D eigenvalue weighted by atomic mass is 32.2. The number of nitrogens with one attached hydrogen (secondary N) is 2. The van der Waals surface area contributed by atoms with Crippen LogP contribution in [0.5, 0.6) is 0 Å². The highest BCUT2D eigenvalue weighted by Crippen LogP contribution is 2.23. The molecule has 0 heterocycles. The quantitative estimate of drug-likeness (QED) is 0.532. The Labute approximate surface area is 163 Å². The Bertz CT molecular complexity index is 1140. The molecule has 0 aliphatic heterocycles. The van der Waals surface area contributed by atoms with Crippen molar-refractivity contribution in [2.45, 2.75) is 14.7 Å². The molecule has 9 heteroatoms. The Balaban J connectivity index is 1.77. The lowest BCUT2D eigenvalue weighted by Gasteiger charge is -2.11. The standard InChI is InChI=1S/C18H16N2O4S3/c21-26(22,16-6-2-1-3-7-16)19-14-10-12-15(13-11-14)20-27(23,24)18-9-5-4-8-17(18)25/h1-13,19-20,25H. The summed E-state index contributed by atoms with van der Waals surface area (Å²) in [5, 5.41) is 0. The molecule has 0 bridgehead atoms. The fraction of sp³-hybridized carbons (Fsp3) is 0. The molecular weight excluding hydrogens is 404 g/mol. The zero-order chi connectivity index (χ0) is 19.5. The van der Waals surface area contributed by atoms with Crippen molar-refractivity contribution in [1.29, 1.82) is 0 Å². The van der Waals surface area contributed by atoms with Gasteiger partial charge in [-0.25, -0.2) is 16.8 Å². The summed E-state index contributed by atoms with van der Waals surface area (Å²) >= 11 is 4.16. The third-order valence-electron chi connectivity index (χ3n) is 3.60. The maximum atomic E-state index is 12.4. The molecule has 3 aromatic carbocycles. The third-order valence-corrected chi connectivity index (χ3v) is 6.98. The average Bonchev–Trinajstić information content (AvgIpc) is 2.64. The molecule has 0 unspecified atom stereocenters. The number of rotatable bonds is 6. The molecule has 3 rings (SSSR count). The number of anilines is 2. The van der Waals surface area contributed by atoms with E-state index in [2.05, 4.69) is 22.1 Å². The predicted octanol–water partition coefficient (Wildman–Crippen LogP) is 3.58.